The number of aryl methyl sites for hydroxylation is 1. The minimum atomic E-state index is -4.19. The minimum absolute atomic E-state index is 0. The first-order chi connectivity index (χ1) is 14.9. The molecule has 1 aromatic carbocycles. The second kappa shape index (κ2) is 12.3. The van der Waals surface area contributed by atoms with Gasteiger partial charge >= 0.3 is 35.6 Å². The predicted octanol–water partition coefficient (Wildman–Crippen LogP) is 3.51. The van der Waals surface area contributed by atoms with E-state index in [-0.39, 0.29) is 46.4 Å². The van der Waals surface area contributed by atoms with Crippen molar-refractivity contribution < 1.29 is 17.6 Å². The molecule has 0 spiro atoms. The average Bonchev–Trinajstić information content (AvgIpc) is 3.07. The van der Waals surface area contributed by atoms with Gasteiger partial charge in [0.25, 0.3) is 10.0 Å². The third-order valence-electron chi connectivity index (χ3n) is 5.38. The van der Waals surface area contributed by atoms with Crippen LogP contribution in [0.15, 0.2) is 23.2 Å². The summed E-state index contributed by atoms with van der Waals surface area (Å²) in [5, 5.41) is 6.47. The number of nitrogens with zero attached hydrogens (tertiary/aromatic N) is 3. The second-order valence-electron chi connectivity index (χ2n) is 8.39. The number of urea groups is 1. The number of halogens is 1. The Morgan fingerprint density at radius 1 is 1.09 bits per heavy atom. The number of amides is 2. The van der Waals surface area contributed by atoms with E-state index in [0.29, 0.717) is 23.4 Å². The zero-order chi connectivity index (χ0) is 24.2. The molecule has 0 bridgehead atoms. The number of benzene rings is 1. The SMILES string of the molecule is CCN(CC)Cc1cc(S(=O)(=O)NC(=O)Nc2c(C(C)C)cc(F)cc2C(C)C)nn1C.[NaH]. The Bertz CT molecular complexity index is 1040. The topological polar surface area (TPSA) is 96.3 Å². The Balaban J connectivity index is 0.00000544. The van der Waals surface area contributed by atoms with Crippen LogP contribution in [-0.4, -0.2) is 71.8 Å². The standard InChI is InChI=1S/C22H34FN5O3S.Na.H/c1-8-28(9-2)13-17-12-20(25-27(17)7)32(30,31)26-22(29)24-21-18(14(3)4)10-16(23)11-19(21)15(5)6;;/h10-12,14-15H,8-9,13H2,1-7H3,(H2,24,26,29);;. The number of aromatic nitrogens is 2. The molecule has 1 heterocycles. The first-order valence-corrected chi connectivity index (χ1v) is 12.3. The van der Waals surface area contributed by atoms with Crippen LogP contribution >= 0.6 is 0 Å². The molecule has 180 valence electrons. The molecular formula is C22H35FN5NaO3S. The van der Waals surface area contributed by atoms with Gasteiger partial charge in [-0.3, -0.25) is 9.58 Å². The molecule has 2 aromatic rings. The van der Waals surface area contributed by atoms with Crippen LogP contribution in [0.4, 0.5) is 14.9 Å². The monoisotopic (exact) mass is 491 g/mol. The van der Waals surface area contributed by atoms with E-state index in [2.05, 4.69) is 15.3 Å². The summed E-state index contributed by atoms with van der Waals surface area (Å²) in [5.74, 6) is -0.549. The number of rotatable bonds is 9. The molecule has 33 heavy (non-hydrogen) atoms. The van der Waals surface area contributed by atoms with Gasteiger partial charge in [0.1, 0.15) is 5.82 Å². The number of carbonyl (C=O) groups excluding carboxylic acids is 1. The number of hydrogen-bond donors (Lipinski definition) is 2. The van der Waals surface area contributed by atoms with E-state index in [1.807, 2.05) is 46.3 Å². The molecule has 0 saturated heterocycles. The molecule has 0 aliphatic heterocycles. The molecule has 0 atom stereocenters. The third-order valence-corrected chi connectivity index (χ3v) is 6.59. The molecule has 0 saturated carbocycles. The number of hydrogen-bond acceptors (Lipinski definition) is 5. The summed E-state index contributed by atoms with van der Waals surface area (Å²) in [5.41, 5.74) is 2.34. The van der Waals surface area contributed by atoms with Gasteiger partial charge in [0.15, 0.2) is 5.03 Å². The van der Waals surface area contributed by atoms with Crippen LogP contribution in [0.2, 0.25) is 0 Å². The van der Waals surface area contributed by atoms with Crippen molar-refractivity contribution in [3.8, 4) is 0 Å². The molecule has 0 radical (unpaired) electrons. The predicted molar refractivity (Wildman–Crippen MR) is 131 cm³/mol. The van der Waals surface area contributed by atoms with Crippen LogP contribution in [0.25, 0.3) is 0 Å². The molecule has 1 aromatic heterocycles. The van der Waals surface area contributed by atoms with Crippen LogP contribution in [0.3, 0.4) is 0 Å². The van der Waals surface area contributed by atoms with Crippen LogP contribution in [-0.2, 0) is 23.6 Å². The fourth-order valence-electron chi connectivity index (χ4n) is 3.45. The van der Waals surface area contributed by atoms with Gasteiger partial charge in [-0.2, -0.15) is 13.5 Å². The third kappa shape index (κ3) is 7.51. The number of nitrogens with one attached hydrogen (secondary N) is 2. The van der Waals surface area contributed by atoms with Crippen LogP contribution in [0.1, 0.15) is 70.2 Å². The van der Waals surface area contributed by atoms with Gasteiger partial charge in [-0.05, 0) is 48.2 Å². The normalized spacial score (nSPS) is 11.7. The first-order valence-electron chi connectivity index (χ1n) is 10.8. The molecular weight excluding hydrogens is 456 g/mol. The quantitative estimate of drug-likeness (QED) is 0.524. The Labute approximate surface area is 218 Å². The van der Waals surface area contributed by atoms with Crippen LogP contribution < -0.4 is 10.0 Å². The Morgan fingerprint density at radius 2 is 1.61 bits per heavy atom. The molecule has 2 amide bonds. The van der Waals surface area contributed by atoms with Gasteiger partial charge in [0.05, 0.1) is 5.69 Å². The van der Waals surface area contributed by atoms with Crippen molar-refractivity contribution in [2.24, 2.45) is 7.05 Å². The van der Waals surface area contributed by atoms with E-state index >= 15 is 0 Å². The van der Waals surface area contributed by atoms with Gasteiger partial charge in [-0.1, -0.05) is 41.5 Å². The molecule has 0 aliphatic carbocycles. The maximum atomic E-state index is 14.1. The summed E-state index contributed by atoms with van der Waals surface area (Å²) < 4.78 is 43.2. The molecule has 0 fully saturated rings. The van der Waals surface area contributed by atoms with Crippen molar-refractivity contribution in [2.75, 3.05) is 18.4 Å². The Kier molecular flexibility index (Phi) is 11.0. The summed E-state index contributed by atoms with van der Waals surface area (Å²) in [6.45, 7) is 13.7. The van der Waals surface area contributed by atoms with Crippen LogP contribution in [0.5, 0.6) is 0 Å². The summed E-state index contributed by atoms with van der Waals surface area (Å²) in [6.07, 6.45) is 0. The number of sulfonamides is 1. The number of anilines is 1. The van der Waals surface area contributed by atoms with Crippen molar-refractivity contribution >= 4 is 51.3 Å². The van der Waals surface area contributed by atoms with Gasteiger partial charge in [0.2, 0.25) is 0 Å². The van der Waals surface area contributed by atoms with Gasteiger partial charge in [-0.15, -0.1) is 0 Å². The van der Waals surface area contributed by atoms with E-state index in [1.54, 1.807) is 7.05 Å². The molecule has 11 heteroatoms. The Hall–Kier alpha value is -1.46. The van der Waals surface area contributed by atoms with Crippen molar-refractivity contribution in [1.29, 1.82) is 0 Å². The van der Waals surface area contributed by atoms with Crippen molar-refractivity contribution in [3.63, 3.8) is 0 Å². The van der Waals surface area contributed by atoms with Gasteiger partial charge < -0.3 is 5.32 Å². The maximum absolute atomic E-state index is 14.1. The average molecular weight is 492 g/mol. The summed E-state index contributed by atoms with van der Waals surface area (Å²) in [4.78, 5) is 14.8. The number of carbonyl (C=O) groups is 1. The molecule has 0 unspecified atom stereocenters. The van der Waals surface area contributed by atoms with E-state index in [0.717, 1.165) is 18.8 Å². The molecule has 2 N–H and O–H groups in total. The van der Waals surface area contributed by atoms with Gasteiger partial charge in [0, 0.05) is 25.3 Å². The summed E-state index contributed by atoms with van der Waals surface area (Å²) in [7, 11) is -2.52. The Morgan fingerprint density at radius 3 is 2.06 bits per heavy atom. The summed E-state index contributed by atoms with van der Waals surface area (Å²) in [6, 6.07) is 3.26. The fraction of sp³-hybridized carbons (Fsp3) is 0.545. The van der Waals surface area contributed by atoms with E-state index in [1.165, 1.54) is 22.9 Å². The van der Waals surface area contributed by atoms with Crippen molar-refractivity contribution in [3.05, 3.63) is 40.8 Å². The first kappa shape index (κ1) is 29.6. The van der Waals surface area contributed by atoms with E-state index < -0.39 is 21.9 Å². The second-order valence-corrected chi connectivity index (χ2v) is 10.0. The van der Waals surface area contributed by atoms with Gasteiger partial charge in [-0.25, -0.2) is 13.9 Å². The summed E-state index contributed by atoms with van der Waals surface area (Å²) >= 11 is 0. The zero-order valence-electron chi connectivity index (χ0n) is 19.9. The van der Waals surface area contributed by atoms with Crippen molar-refractivity contribution in [2.45, 2.75) is 64.9 Å². The zero-order valence-corrected chi connectivity index (χ0v) is 20.7. The van der Waals surface area contributed by atoms with E-state index in [9.17, 15) is 17.6 Å². The molecule has 0 aliphatic rings. The molecule has 8 nitrogen and oxygen atoms in total. The van der Waals surface area contributed by atoms with Crippen LogP contribution in [0, 0.1) is 5.82 Å². The molecule has 2 rings (SSSR count). The fourth-order valence-corrected chi connectivity index (χ4v) is 4.37. The van der Waals surface area contributed by atoms with Crippen molar-refractivity contribution in [1.82, 2.24) is 19.4 Å². The van der Waals surface area contributed by atoms with E-state index in [4.69, 9.17) is 0 Å².